The first-order valence-corrected chi connectivity index (χ1v) is 9.89. The number of esters is 1. The molecule has 0 aliphatic carbocycles. The van der Waals surface area contributed by atoms with E-state index in [2.05, 4.69) is 0 Å². The summed E-state index contributed by atoms with van der Waals surface area (Å²) in [5, 5.41) is 0. The third kappa shape index (κ3) is 6.62. The van der Waals surface area contributed by atoms with E-state index in [4.69, 9.17) is 14.5 Å². The summed E-state index contributed by atoms with van der Waals surface area (Å²) in [6.07, 6.45) is 6.14. The molecule has 3 aromatic carbocycles. The molecule has 0 heterocycles. The van der Waals surface area contributed by atoms with E-state index >= 15 is 0 Å². The summed E-state index contributed by atoms with van der Waals surface area (Å²) in [7, 11) is 0. The normalized spacial score (nSPS) is 11.2. The van der Waals surface area contributed by atoms with Gasteiger partial charge in [-0.2, -0.15) is 13.7 Å². The Morgan fingerprint density at radius 1 is 0.781 bits per heavy atom. The Labute approximate surface area is 185 Å². The number of carbonyl (C=O) groups excluding carboxylic acids is 1. The molecule has 0 bridgehead atoms. The average Bonchev–Trinajstić information content (AvgIpc) is 2.79. The number of aryl methyl sites for hydroxylation is 2. The van der Waals surface area contributed by atoms with Gasteiger partial charge in [-0.15, -0.1) is 0 Å². The summed E-state index contributed by atoms with van der Waals surface area (Å²) >= 11 is 0. The molecule has 4 nitrogen and oxygen atoms in total. The predicted molar refractivity (Wildman–Crippen MR) is 119 cm³/mol. The fourth-order valence-corrected chi connectivity index (χ4v) is 2.64. The molecular weight excluding hydrogens is 414 g/mol. The number of hydrogen-bond donors (Lipinski definition) is 0. The van der Waals surface area contributed by atoms with E-state index in [0.29, 0.717) is 0 Å². The molecule has 0 radical (unpaired) electrons. The monoisotopic (exact) mass is 436 g/mol. The van der Waals surface area contributed by atoms with Crippen LogP contribution in [0, 0.1) is 25.5 Å². The lowest BCUT2D eigenvalue weighted by Crippen LogP contribution is -2.07. The molecule has 32 heavy (non-hydrogen) atoms. The minimum atomic E-state index is -1.35. The minimum absolute atomic E-state index is 0.0233. The molecule has 3 aromatic rings. The van der Waals surface area contributed by atoms with Crippen molar-refractivity contribution in [3.63, 3.8) is 0 Å². The van der Waals surface area contributed by atoms with Crippen LogP contribution in [-0.4, -0.2) is 12.6 Å². The second kappa shape index (κ2) is 11.0. The van der Waals surface area contributed by atoms with E-state index in [0.717, 1.165) is 40.5 Å². The first-order valence-electron chi connectivity index (χ1n) is 9.89. The summed E-state index contributed by atoms with van der Waals surface area (Å²) in [5.74, 6) is -4.51. The molecule has 164 valence electrons. The van der Waals surface area contributed by atoms with Crippen LogP contribution in [0.5, 0.6) is 11.5 Å². The number of ether oxygens (including phenoxy) is 1. The molecule has 0 N–H and O–H groups in total. The zero-order chi connectivity index (χ0) is 22.9. The highest BCUT2D eigenvalue weighted by atomic mass is 19.2. The van der Waals surface area contributed by atoms with Gasteiger partial charge < -0.3 is 9.62 Å². The number of hydrogen-bond acceptors (Lipinski definition) is 4. The van der Waals surface area contributed by atoms with E-state index in [1.165, 1.54) is 6.08 Å². The molecule has 0 aliphatic heterocycles. The van der Waals surface area contributed by atoms with Crippen molar-refractivity contribution >= 4 is 18.1 Å². The molecule has 0 atom stereocenters. The molecule has 0 saturated carbocycles. The zero-order valence-corrected chi connectivity index (χ0v) is 17.7. The van der Waals surface area contributed by atoms with Crippen molar-refractivity contribution in [2.75, 3.05) is 6.61 Å². The Morgan fingerprint density at radius 2 is 1.31 bits per heavy atom. The molecule has 0 spiro atoms. The maximum atomic E-state index is 14.2. The lowest BCUT2D eigenvalue weighted by Gasteiger charge is -2.08. The Hall–Kier alpha value is -3.77. The molecule has 0 unspecified atom stereocenters. The third-order valence-corrected chi connectivity index (χ3v) is 4.41. The second-order valence-corrected chi connectivity index (χ2v) is 7.04. The fraction of sp³-hybridized carbons (Fsp3) is 0.115. The average molecular weight is 436 g/mol. The van der Waals surface area contributed by atoms with Gasteiger partial charge in [0, 0.05) is 6.08 Å². The van der Waals surface area contributed by atoms with Crippen LogP contribution in [0.15, 0.2) is 72.8 Å². The standard InChI is InChI=1S/C26H22F2O4/c1-18-5-9-20(10-6-18)4-3-17-30-32-23-15-14-22(25(27)26(23)28)31-24(29)16-13-21-11-7-19(2)8-12-21/h3-16H,17H2,1-2H3/b4-3?,16-13+. The summed E-state index contributed by atoms with van der Waals surface area (Å²) in [5.41, 5.74) is 3.97. The highest BCUT2D eigenvalue weighted by Gasteiger charge is 2.18. The first-order chi connectivity index (χ1) is 15.4. The molecule has 0 aromatic heterocycles. The quantitative estimate of drug-likeness (QED) is 0.105. The number of rotatable bonds is 8. The molecule has 0 amide bonds. The Morgan fingerprint density at radius 3 is 1.94 bits per heavy atom. The van der Waals surface area contributed by atoms with E-state index in [1.54, 1.807) is 6.08 Å². The van der Waals surface area contributed by atoms with Gasteiger partial charge in [0.2, 0.25) is 17.4 Å². The maximum Gasteiger partial charge on any atom is 0.336 e. The fourth-order valence-electron chi connectivity index (χ4n) is 2.64. The number of halogens is 2. The van der Waals surface area contributed by atoms with E-state index < -0.39 is 29.1 Å². The van der Waals surface area contributed by atoms with Crippen LogP contribution in [0.2, 0.25) is 0 Å². The third-order valence-electron chi connectivity index (χ3n) is 4.41. The summed E-state index contributed by atoms with van der Waals surface area (Å²) in [6.45, 7) is 3.96. The number of benzene rings is 3. The van der Waals surface area contributed by atoms with Crippen molar-refractivity contribution in [2.24, 2.45) is 0 Å². The van der Waals surface area contributed by atoms with Crippen molar-refractivity contribution < 1.29 is 28.1 Å². The van der Waals surface area contributed by atoms with Crippen LogP contribution in [0.25, 0.3) is 12.2 Å². The molecular formula is C26H22F2O4. The van der Waals surface area contributed by atoms with Gasteiger partial charge in [0.1, 0.15) is 6.61 Å². The van der Waals surface area contributed by atoms with E-state index in [-0.39, 0.29) is 6.61 Å². The molecule has 6 heteroatoms. The van der Waals surface area contributed by atoms with Crippen molar-refractivity contribution in [3.05, 3.63) is 107 Å². The van der Waals surface area contributed by atoms with Crippen molar-refractivity contribution in [3.8, 4) is 11.5 Å². The van der Waals surface area contributed by atoms with Crippen LogP contribution in [0.4, 0.5) is 8.78 Å². The lowest BCUT2D eigenvalue weighted by molar-refractivity contribution is -0.198. The van der Waals surface area contributed by atoms with Gasteiger partial charge in [0.15, 0.2) is 5.75 Å². The first kappa shape index (κ1) is 22.9. The largest absolute Gasteiger partial charge is 0.420 e. The maximum absolute atomic E-state index is 14.2. The predicted octanol–water partition coefficient (Wildman–Crippen LogP) is 6.22. The van der Waals surface area contributed by atoms with Gasteiger partial charge in [-0.3, -0.25) is 0 Å². The number of carbonyl (C=O) groups is 1. The molecule has 0 saturated heterocycles. The summed E-state index contributed by atoms with van der Waals surface area (Å²) < 4.78 is 33.3. The molecule has 0 fully saturated rings. The van der Waals surface area contributed by atoms with E-state index in [9.17, 15) is 13.6 Å². The van der Waals surface area contributed by atoms with Gasteiger partial charge in [-0.25, -0.2) is 4.79 Å². The Kier molecular flexibility index (Phi) is 7.89. The minimum Gasteiger partial charge on any atom is -0.420 e. The van der Waals surface area contributed by atoms with Crippen molar-refractivity contribution in [1.82, 2.24) is 0 Å². The van der Waals surface area contributed by atoms with Gasteiger partial charge >= 0.3 is 5.97 Å². The van der Waals surface area contributed by atoms with Gasteiger partial charge in [-0.1, -0.05) is 71.8 Å². The Balaban J connectivity index is 1.53. The smallest absolute Gasteiger partial charge is 0.336 e. The van der Waals surface area contributed by atoms with Crippen molar-refractivity contribution in [1.29, 1.82) is 0 Å². The van der Waals surface area contributed by atoms with E-state index in [1.807, 2.05) is 68.5 Å². The molecule has 0 aliphatic rings. The van der Waals surface area contributed by atoms with Crippen LogP contribution >= 0.6 is 0 Å². The van der Waals surface area contributed by atoms with Crippen LogP contribution in [-0.2, 0) is 9.68 Å². The van der Waals surface area contributed by atoms with Crippen LogP contribution in [0.1, 0.15) is 22.3 Å². The molecule has 3 rings (SSSR count). The Bertz CT molecular complexity index is 1120. The van der Waals surface area contributed by atoms with Crippen molar-refractivity contribution in [2.45, 2.75) is 13.8 Å². The highest BCUT2D eigenvalue weighted by Crippen LogP contribution is 2.28. The van der Waals surface area contributed by atoms with Gasteiger partial charge in [0.25, 0.3) is 0 Å². The van der Waals surface area contributed by atoms with Gasteiger partial charge in [-0.05, 0) is 43.2 Å². The van der Waals surface area contributed by atoms with Gasteiger partial charge in [0.05, 0.1) is 0 Å². The lowest BCUT2D eigenvalue weighted by atomic mass is 10.1. The van der Waals surface area contributed by atoms with Crippen LogP contribution < -0.4 is 9.62 Å². The SMILES string of the molecule is Cc1ccc(C=CCOOc2ccc(OC(=O)/C=C/c3ccc(C)cc3)c(F)c2F)cc1. The summed E-state index contributed by atoms with van der Waals surface area (Å²) in [6, 6.07) is 17.5. The van der Waals surface area contributed by atoms with Crippen LogP contribution in [0.3, 0.4) is 0 Å². The highest BCUT2D eigenvalue weighted by molar-refractivity contribution is 5.88. The second-order valence-electron chi connectivity index (χ2n) is 7.04. The topological polar surface area (TPSA) is 44.8 Å². The zero-order valence-electron chi connectivity index (χ0n) is 17.7. The summed E-state index contributed by atoms with van der Waals surface area (Å²) in [4.78, 5) is 21.7.